The van der Waals surface area contributed by atoms with Crippen LogP contribution in [-0.2, 0) is 12.3 Å². The van der Waals surface area contributed by atoms with Crippen LogP contribution in [0.15, 0.2) is 6.07 Å². The normalized spacial score (nSPS) is 11.1. The summed E-state index contributed by atoms with van der Waals surface area (Å²) in [5, 5.41) is 8.49. The first kappa shape index (κ1) is 14.3. The SMILES string of the molecule is N#CCc1cc(I)c(OC(F)(F)F)c(CCl)n1. The molecule has 1 rings (SSSR count). The quantitative estimate of drug-likeness (QED) is 0.600. The molecule has 0 saturated carbocycles. The molecule has 0 aromatic carbocycles. The van der Waals surface area contributed by atoms with E-state index in [1.807, 2.05) is 6.07 Å². The molecule has 0 spiro atoms. The number of pyridine rings is 1. The smallest absolute Gasteiger partial charge is 0.403 e. The van der Waals surface area contributed by atoms with Gasteiger partial charge in [0.15, 0.2) is 5.75 Å². The molecule has 8 heteroatoms. The van der Waals surface area contributed by atoms with Crippen LogP contribution in [0.1, 0.15) is 11.4 Å². The lowest BCUT2D eigenvalue weighted by atomic mass is 10.2. The highest BCUT2D eigenvalue weighted by Crippen LogP contribution is 2.31. The van der Waals surface area contributed by atoms with Crippen molar-refractivity contribution in [3.8, 4) is 11.8 Å². The number of aromatic nitrogens is 1. The molecule has 0 radical (unpaired) electrons. The summed E-state index contributed by atoms with van der Waals surface area (Å²) in [4.78, 5) is 3.84. The van der Waals surface area contributed by atoms with E-state index in [1.165, 1.54) is 6.07 Å². The van der Waals surface area contributed by atoms with Crippen LogP contribution in [-0.4, -0.2) is 11.3 Å². The molecule has 0 aliphatic rings. The third-order valence-corrected chi connectivity index (χ3v) is 2.71. The average Bonchev–Trinajstić information content (AvgIpc) is 2.20. The zero-order valence-electron chi connectivity index (χ0n) is 8.18. The molecule has 1 heterocycles. The first-order chi connectivity index (χ1) is 7.87. The van der Waals surface area contributed by atoms with E-state index in [9.17, 15) is 13.2 Å². The van der Waals surface area contributed by atoms with Crippen LogP contribution < -0.4 is 4.74 Å². The fourth-order valence-electron chi connectivity index (χ4n) is 1.09. The van der Waals surface area contributed by atoms with Crippen LogP contribution in [0.4, 0.5) is 13.2 Å². The van der Waals surface area contributed by atoms with E-state index in [0.29, 0.717) is 5.69 Å². The Morgan fingerprint density at radius 3 is 2.65 bits per heavy atom. The Hall–Kier alpha value is -0.750. The molecular formula is C9H5ClF3IN2O. The van der Waals surface area contributed by atoms with Gasteiger partial charge in [-0.05, 0) is 28.7 Å². The summed E-state index contributed by atoms with van der Waals surface area (Å²) in [6.07, 6.45) is -4.79. The zero-order valence-corrected chi connectivity index (χ0v) is 11.1. The molecule has 1 aromatic heterocycles. The minimum absolute atomic E-state index is 0.00614. The molecule has 0 atom stereocenters. The van der Waals surface area contributed by atoms with Crippen LogP contribution >= 0.6 is 34.2 Å². The van der Waals surface area contributed by atoms with Gasteiger partial charge in [0.2, 0.25) is 0 Å². The van der Waals surface area contributed by atoms with Gasteiger partial charge in [-0.3, -0.25) is 4.98 Å². The van der Waals surface area contributed by atoms with Gasteiger partial charge in [0, 0.05) is 0 Å². The summed E-state index contributed by atoms with van der Waals surface area (Å²) in [7, 11) is 0. The minimum Gasteiger partial charge on any atom is -0.403 e. The van der Waals surface area contributed by atoms with Crippen LogP contribution in [0.3, 0.4) is 0 Å². The van der Waals surface area contributed by atoms with Crippen LogP contribution in [0.25, 0.3) is 0 Å². The molecule has 0 aliphatic carbocycles. The Bertz CT molecular complexity index is 459. The number of rotatable bonds is 3. The molecule has 3 nitrogen and oxygen atoms in total. The highest BCUT2D eigenvalue weighted by atomic mass is 127. The highest BCUT2D eigenvalue weighted by molar-refractivity contribution is 14.1. The Balaban J connectivity index is 3.17. The predicted octanol–water partition coefficient (Wildman–Crippen LogP) is 3.39. The lowest BCUT2D eigenvalue weighted by Crippen LogP contribution is -2.19. The third kappa shape index (κ3) is 4.20. The Morgan fingerprint density at radius 1 is 1.53 bits per heavy atom. The summed E-state index contributed by atoms with van der Waals surface area (Å²) in [5.74, 6) is -0.629. The van der Waals surface area contributed by atoms with Gasteiger partial charge in [-0.2, -0.15) is 5.26 Å². The first-order valence-electron chi connectivity index (χ1n) is 4.24. The topological polar surface area (TPSA) is 45.9 Å². The molecule has 0 fully saturated rings. The molecule has 0 bridgehead atoms. The van der Waals surface area contributed by atoms with Crippen molar-refractivity contribution in [2.45, 2.75) is 18.7 Å². The number of nitriles is 1. The van der Waals surface area contributed by atoms with Crippen LogP contribution in [0, 0.1) is 14.9 Å². The van der Waals surface area contributed by atoms with Gasteiger partial charge in [-0.1, -0.05) is 0 Å². The number of hydrogen-bond donors (Lipinski definition) is 0. The van der Waals surface area contributed by atoms with Crippen molar-refractivity contribution in [3.63, 3.8) is 0 Å². The molecule has 0 N–H and O–H groups in total. The van der Waals surface area contributed by atoms with E-state index >= 15 is 0 Å². The number of hydrogen-bond acceptors (Lipinski definition) is 3. The van der Waals surface area contributed by atoms with E-state index in [2.05, 4.69) is 9.72 Å². The minimum atomic E-state index is -4.79. The summed E-state index contributed by atoms with van der Waals surface area (Å²) in [6.45, 7) is 0. The Labute approximate surface area is 114 Å². The second-order valence-electron chi connectivity index (χ2n) is 2.89. The second-order valence-corrected chi connectivity index (χ2v) is 4.32. The highest BCUT2D eigenvalue weighted by Gasteiger charge is 2.33. The fraction of sp³-hybridized carbons (Fsp3) is 0.333. The number of halogens is 5. The Morgan fingerprint density at radius 2 is 2.18 bits per heavy atom. The maximum Gasteiger partial charge on any atom is 0.573 e. The first-order valence-corrected chi connectivity index (χ1v) is 5.85. The lowest BCUT2D eigenvalue weighted by Gasteiger charge is -2.14. The summed E-state index contributed by atoms with van der Waals surface area (Å²) in [5.41, 5.74) is 0.336. The molecule has 92 valence electrons. The molecule has 0 amide bonds. The van der Waals surface area contributed by atoms with Gasteiger partial charge in [-0.25, -0.2) is 0 Å². The molecule has 0 saturated heterocycles. The van der Waals surface area contributed by atoms with Gasteiger partial charge in [0.05, 0.1) is 33.3 Å². The standard InChI is InChI=1S/C9H5ClF3IN2O/c10-4-7-8(17-9(11,12)13)6(14)3-5(16-7)1-2-15/h3H,1,4H2. The number of ether oxygens (including phenoxy) is 1. The number of alkyl halides is 4. The van der Waals surface area contributed by atoms with E-state index < -0.39 is 12.1 Å². The summed E-state index contributed by atoms with van der Waals surface area (Å²) < 4.78 is 40.5. The molecule has 0 aliphatic heterocycles. The van der Waals surface area contributed by atoms with Crippen molar-refractivity contribution < 1.29 is 17.9 Å². The monoisotopic (exact) mass is 376 g/mol. The van der Waals surface area contributed by atoms with Crippen molar-refractivity contribution in [2.24, 2.45) is 0 Å². The molecule has 1 aromatic rings. The summed E-state index contributed by atoms with van der Waals surface area (Å²) in [6, 6.07) is 3.22. The second kappa shape index (κ2) is 5.73. The van der Waals surface area contributed by atoms with Gasteiger partial charge < -0.3 is 4.74 Å². The van der Waals surface area contributed by atoms with Gasteiger partial charge in [0.25, 0.3) is 0 Å². The van der Waals surface area contributed by atoms with E-state index in [0.717, 1.165) is 0 Å². The van der Waals surface area contributed by atoms with Gasteiger partial charge >= 0.3 is 6.36 Å². The van der Waals surface area contributed by atoms with E-state index in [4.69, 9.17) is 16.9 Å². The molecule has 17 heavy (non-hydrogen) atoms. The zero-order chi connectivity index (χ0) is 13.1. The average molecular weight is 377 g/mol. The maximum absolute atomic E-state index is 12.1. The molecule has 0 unspecified atom stereocenters. The fourth-order valence-corrected chi connectivity index (χ4v) is 2.05. The third-order valence-electron chi connectivity index (χ3n) is 1.66. The van der Waals surface area contributed by atoms with E-state index in [1.54, 1.807) is 22.6 Å². The predicted molar refractivity (Wildman–Crippen MR) is 62.5 cm³/mol. The van der Waals surface area contributed by atoms with Crippen LogP contribution in [0.2, 0.25) is 0 Å². The largest absolute Gasteiger partial charge is 0.573 e. The van der Waals surface area contributed by atoms with Crippen molar-refractivity contribution in [1.29, 1.82) is 5.26 Å². The van der Waals surface area contributed by atoms with Gasteiger partial charge in [-0.15, -0.1) is 24.8 Å². The summed E-state index contributed by atoms with van der Waals surface area (Å²) >= 11 is 7.19. The van der Waals surface area contributed by atoms with Crippen molar-refractivity contribution >= 4 is 34.2 Å². The van der Waals surface area contributed by atoms with Crippen molar-refractivity contribution in [3.05, 3.63) is 21.0 Å². The van der Waals surface area contributed by atoms with Crippen LogP contribution in [0.5, 0.6) is 5.75 Å². The van der Waals surface area contributed by atoms with Crippen molar-refractivity contribution in [1.82, 2.24) is 4.98 Å². The van der Waals surface area contributed by atoms with E-state index in [-0.39, 0.29) is 21.6 Å². The molecular weight excluding hydrogens is 371 g/mol. The lowest BCUT2D eigenvalue weighted by molar-refractivity contribution is -0.275. The Kier molecular flexibility index (Phi) is 4.82. The van der Waals surface area contributed by atoms with Gasteiger partial charge in [0.1, 0.15) is 0 Å². The van der Waals surface area contributed by atoms with Crippen molar-refractivity contribution in [2.75, 3.05) is 0 Å². The maximum atomic E-state index is 12.1. The number of nitrogens with zero attached hydrogens (tertiary/aromatic N) is 2.